The topological polar surface area (TPSA) is 22.2 Å². The number of benzene rings is 6. The SMILES string of the molecule is CN1C=CN(c2cccc(Oc3cccc(N4CN(c5c(-c6ccccc6)ccc6c5-c5ccccc5C6(C)C)c5ccccc54)c3)c2)C1. The Morgan fingerprint density at radius 3 is 1.98 bits per heavy atom. The van der Waals surface area contributed by atoms with Gasteiger partial charge in [0.1, 0.15) is 18.2 Å². The molecule has 0 amide bonds. The summed E-state index contributed by atoms with van der Waals surface area (Å²) < 4.78 is 6.50. The molecular formula is C44H38N4O. The summed E-state index contributed by atoms with van der Waals surface area (Å²) in [6.07, 6.45) is 4.18. The quantitative estimate of drug-likeness (QED) is 0.181. The van der Waals surface area contributed by atoms with Crippen LogP contribution in [0.2, 0.25) is 0 Å². The summed E-state index contributed by atoms with van der Waals surface area (Å²) in [5, 5.41) is 0. The van der Waals surface area contributed by atoms with Crippen LogP contribution in [0.1, 0.15) is 25.0 Å². The molecule has 0 radical (unpaired) electrons. The Labute approximate surface area is 288 Å². The van der Waals surface area contributed by atoms with Gasteiger partial charge in [0.15, 0.2) is 0 Å². The zero-order valence-electron chi connectivity index (χ0n) is 28.0. The van der Waals surface area contributed by atoms with E-state index >= 15 is 0 Å². The van der Waals surface area contributed by atoms with E-state index < -0.39 is 0 Å². The van der Waals surface area contributed by atoms with Crippen LogP contribution in [-0.4, -0.2) is 25.3 Å². The second-order valence-electron chi connectivity index (χ2n) is 13.7. The first-order valence-electron chi connectivity index (χ1n) is 17.0. The highest BCUT2D eigenvalue weighted by Gasteiger charge is 2.40. The average molecular weight is 639 g/mol. The predicted octanol–water partition coefficient (Wildman–Crippen LogP) is 10.9. The highest BCUT2D eigenvalue weighted by atomic mass is 16.5. The van der Waals surface area contributed by atoms with Crippen molar-refractivity contribution < 1.29 is 4.74 Å². The van der Waals surface area contributed by atoms with Crippen LogP contribution in [0.4, 0.5) is 28.4 Å². The normalized spacial score (nSPS) is 15.4. The first kappa shape index (κ1) is 29.2. The van der Waals surface area contributed by atoms with Crippen molar-refractivity contribution in [1.29, 1.82) is 0 Å². The maximum Gasteiger partial charge on any atom is 0.129 e. The molecule has 9 rings (SSSR count). The van der Waals surface area contributed by atoms with E-state index in [-0.39, 0.29) is 5.41 Å². The number of fused-ring (bicyclic) bond motifs is 4. The maximum atomic E-state index is 6.50. The van der Waals surface area contributed by atoms with Gasteiger partial charge in [-0.05, 0) is 58.7 Å². The smallest absolute Gasteiger partial charge is 0.129 e. The molecule has 2 aliphatic heterocycles. The Morgan fingerprint density at radius 1 is 0.551 bits per heavy atom. The van der Waals surface area contributed by atoms with Gasteiger partial charge in [-0.2, -0.15) is 0 Å². The lowest BCUT2D eigenvalue weighted by Crippen LogP contribution is -2.25. The van der Waals surface area contributed by atoms with Gasteiger partial charge in [-0.3, -0.25) is 0 Å². The molecule has 5 heteroatoms. The Morgan fingerprint density at radius 2 is 1.22 bits per heavy atom. The van der Waals surface area contributed by atoms with E-state index in [4.69, 9.17) is 4.74 Å². The van der Waals surface area contributed by atoms with E-state index in [1.807, 2.05) is 12.1 Å². The summed E-state index contributed by atoms with van der Waals surface area (Å²) >= 11 is 0. The Bertz CT molecular complexity index is 2240. The van der Waals surface area contributed by atoms with Crippen molar-refractivity contribution in [3.8, 4) is 33.8 Å². The van der Waals surface area contributed by atoms with Crippen molar-refractivity contribution in [1.82, 2.24) is 4.90 Å². The van der Waals surface area contributed by atoms with Crippen LogP contribution in [0.25, 0.3) is 22.3 Å². The highest BCUT2D eigenvalue weighted by Crippen LogP contribution is 2.57. The fourth-order valence-electron chi connectivity index (χ4n) is 7.81. The molecule has 49 heavy (non-hydrogen) atoms. The predicted molar refractivity (Wildman–Crippen MR) is 202 cm³/mol. The maximum absolute atomic E-state index is 6.50. The van der Waals surface area contributed by atoms with Crippen LogP contribution >= 0.6 is 0 Å². The summed E-state index contributed by atoms with van der Waals surface area (Å²) in [6, 6.07) is 50.0. The number of para-hydroxylation sites is 2. The number of hydrogen-bond acceptors (Lipinski definition) is 5. The van der Waals surface area contributed by atoms with E-state index in [0.717, 1.165) is 29.5 Å². The molecule has 0 atom stereocenters. The summed E-state index contributed by atoms with van der Waals surface area (Å²) in [4.78, 5) is 9.29. The zero-order valence-corrected chi connectivity index (χ0v) is 28.0. The molecule has 240 valence electrons. The molecule has 0 saturated heterocycles. The molecule has 2 heterocycles. The molecule has 3 aliphatic rings. The summed E-state index contributed by atoms with van der Waals surface area (Å²) in [6.45, 7) is 6.21. The van der Waals surface area contributed by atoms with E-state index in [0.29, 0.717) is 6.67 Å². The molecule has 0 unspecified atom stereocenters. The Hall–Kier alpha value is -5.94. The molecular weight excluding hydrogens is 601 g/mol. The molecule has 0 N–H and O–H groups in total. The third kappa shape index (κ3) is 4.84. The first-order valence-corrected chi connectivity index (χ1v) is 17.0. The van der Waals surface area contributed by atoms with Crippen LogP contribution < -0.4 is 19.4 Å². The Balaban J connectivity index is 1.13. The van der Waals surface area contributed by atoms with Crippen LogP contribution in [-0.2, 0) is 5.41 Å². The van der Waals surface area contributed by atoms with Gasteiger partial charge in [0, 0.05) is 59.5 Å². The van der Waals surface area contributed by atoms with E-state index in [9.17, 15) is 0 Å². The van der Waals surface area contributed by atoms with Gasteiger partial charge in [0.25, 0.3) is 0 Å². The first-order chi connectivity index (χ1) is 24.0. The monoisotopic (exact) mass is 638 g/mol. The van der Waals surface area contributed by atoms with Crippen molar-refractivity contribution in [2.45, 2.75) is 19.3 Å². The number of nitrogens with zero attached hydrogens (tertiary/aromatic N) is 4. The number of ether oxygens (including phenoxy) is 1. The van der Waals surface area contributed by atoms with Gasteiger partial charge in [0.05, 0.1) is 23.7 Å². The van der Waals surface area contributed by atoms with E-state index in [1.165, 1.54) is 50.4 Å². The standard InChI is InChI=1S/C44H38N4O/c1-44(2)38-20-8-7-19-37(38)42-39(44)24-23-36(31-13-5-4-6-14-31)43(42)48-30-47(40-21-9-10-22-41(40)48)33-16-12-18-35(28-33)49-34-17-11-15-32(27-34)46-26-25-45(3)29-46/h4-28H,29-30H2,1-3H3. The third-order valence-electron chi connectivity index (χ3n) is 10.2. The summed E-state index contributed by atoms with van der Waals surface area (Å²) in [5.74, 6) is 1.62. The van der Waals surface area contributed by atoms with Crippen LogP contribution in [0.5, 0.6) is 11.5 Å². The molecule has 6 aromatic carbocycles. The largest absolute Gasteiger partial charge is 0.457 e. The van der Waals surface area contributed by atoms with Gasteiger partial charge in [-0.25, -0.2) is 0 Å². The molecule has 0 aromatic heterocycles. The van der Waals surface area contributed by atoms with Crippen molar-refractivity contribution in [3.05, 3.63) is 163 Å². The second-order valence-corrected chi connectivity index (χ2v) is 13.7. The third-order valence-corrected chi connectivity index (χ3v) is 10.2. The second kappa shape index (κ2) is 11.3. The lowest BCUT2D eigenvalue weighted by molar-refractivity contribution is 0.481. The number of anilines is 5. The fourth-order valence-corrected chi connectivity index (χ4v) is 7.81. The van der Waals surface area contributed by atoms with Crippen molar-refractivity contribution in [2.24, 2.45) is 0 Å². The fraction of sp³-hybridized carbons (Fsp3) is 0.136. The number of hydrogen-bond donors (Lipinski definition) is 0. The lowest BCUT2D eigenvalue weighted by Gasteiger charge is -2.28. The summed E-state index contributed by atoms with van der Waals surface area (Å²) in [5.41, 5.74) is 13.6. The van der Waals surface area contributed by atoms with Crippen LogP contribution in [0.15, 0.2) is 152 Å². The molecule has 6 aromatic rings. The molecule has 5 nitrogen and oxygen atoms in total. The van der Waals surface area contributed by atoms with Crippen molar-refractivity contribution >= 4 is 28.4 Å². The van der Waals surface area contributed by atoms with Gasteiger partial charge in [-0.1, -0.05) is 105 Å². The molecule has 0 fully saturated rings. The minimum atomic E-state index is -0.0984. The van der Waals surface area contributed by atoms with Crippen molar-refractivity contribution in [2.75, 3.05) is 35.1 Å². The van der Waals surface area contributed by atoms with E-state index in [2.05, 4.69) is 180 Å². The van der Waals surface area contributed by atoms with Gasteiger partial charge < -0.3 is 24.3 Å². The van der Waals surface area contributed by atoms with Gasteiger partial charge >= 0.3 is 0 Å². The minimum Gasteiger partial charge on any atom is -0.457 e. The minimum absolute atomic E-state index is 0.0984. The zero-order chi connectivity index (χ0) is 33.1. The van der Waals surface area contributed by atoms with Gasteiger partial charge in [-0.15, -0.1) is 0 Å². The van der Waals surface area contributed by atoms with Crippen molar-refractivity contribution in [3.63, 3.8) is 0 Å². The highest BCUT2D eigenvalue weighted by molar-refractivity contribution is 6.02. The molecule has 0 saturated carbocycles. The lowest BCUT2D eigenvalue weighted by atomic mass is 9.82. The summed E-state index contributed by atoms with van der Waals surface area (Å²) in [7, 11) is 2.08. The average Bonchev–Trinajstić information content (AvgIpc) is 3.81. The molecule has 0 spiro atoms. The number of rotatable bonds is 6. The van der Waals surface area contributed by atoms with E-state index in [1.54, 1.807) is 0 Å². The Kier molecular flexibility index (Phi) is 6.76. The van der Waals surface area contributed by atoms with Crippen LogP contribution in [0.3, 0.4) is 0 Å². The molecule has 1 aliphatic carbocycles. The van der Waals surface area contributed by atoms with Crippen LogP contribution in [0, 0.1) is 0 Å². The molecule has 0 bridgehead atoms. The van der Waals surface area contributed by atoms with Gasteiger partial charge in [0.2, 0.25) is 0 Å².